The van der Waals surface area contributed by atoms with Gasteiger partial charge in [0, 0.05) is 25.2 Å². The van der Waals surface area contributed by atoms with Crippen LogP contribution in [0.4, 0.5) is 0 Å². The van der Waals surface area contributed by atoms with Crippen molar-refractivity contribution in [3.8, 4) is 11.5 Å². The number of aryl methyl sites for hydroxylation is 1. The van der Waals surface area contributed by atoms with Gasteiger partial charge in [0.2, 0.25) is 10.0 Å². The van der Waals surface area contributed by atoms with E-state index in [1.807, 2.05) is 14.1 Å². The Morgan fingerprint density at radius 1 is 1.17 bits per heavy atom. The van der Waals surface area contributed by atoms with E-state index in [9.17, 15) is 8.42 Å². The lowest BCUT2D eigenvalue weighted by atomic mass is 10.1. The van der Waals surface area contributed by atoms with Crippen LogP contribution in [-0.4, -0.2) is 65.1 Å². The minimum Gasteiger partial charge on any atom is -0.493 e. The summed E-state index contributed by atoms with van der Waals surface area (Å²) in [6, 6.07) is 3.51. The first-order chi connectivity index (χ1) is 10.8. The molecule has 1 fully saturated rings. The van der Waals surface area contributed by atoms with Crippen LogP contribution in [-0.2, 0) is 10.0 Å². The number of likely N-dealkylation sites (N-methyl/N-ethyl adjacent to an activating group) is 1. The van der Waals surface area contributed by atoms with Crippen LogP contribution in [0.25, 0.3) is 0 Å². The third-order valence-electron chi connectivity index (χ3n) is 4.39. The van der Waals surface area contributed by atoms with Crippen LogP contribution in [0, 0.1) is 6.92 Å². The van der Waals surface area contributed by atoms with Gasteiger partial charge in [0.25, 0.3) is 0 Å². The zero-order valence-electron chi connectivity index (χ0n) is 14.5. The predicted molar refractivity (Wildman–Crippen MR) is 89.8 cm³/mol. The second-order valence-corrected chi connectivity index (χ2v) is 8.00. The molecule has 23 heavy (non-hydrogen) atoms. The minimum absolute atomic E-state index is 0.249. The smallest absolute Gasteiger partial charge is 0.243 e. The number of benzene rings is 1. The van der Waals surface area contributed by atoms with Crippen molar-refractivity contribution in [1.29, 1.82) is 0 Å². The molecule has 0 aromatic heterocycles. The number of hydrogen-bond acceptors (Lipinski definition) is 5. The molecule has 0 amide bonds. The lowest BCUT2D eigenvalue weighted by Crippen LogP contribution is -2.47. The molecule has 6 nitrogen and oxygen atoms in total. The highest BCUT2D eigenvalue weighted by atomic mass is 32.2. The summed E-state index contributed by atoms with van der Waals surface area (Å²) < 4.78 is 38.2. The average molecular weight is 342 g/mol. The quantitative estimate of drug-likeness (QED) is 0.815. The number of rotatable bonds is 5. The lowest BCUT2D eigenvalue weighted by Gasteiger charge is -2.35. The molecule has 130 valence electrons. The lowest BCUT2D eigenvalue weighted by molar-refractivity contribution is 0.190. The van der Waals surface area contributed by atoms with E-state index in [1.54, 1.807) is 23.4 Å². The Hall–Kier alpha value is -1.31. The van der Waals surface area contributed by atoms with Crippen LogP contribution < -0.4 is 9.47 Å². The van der Waals surface area contributed by atoms with Crippen molar-refractivity contribution in [2.45, 2.75) is 30.7 Å². The molecule has 7 heteroatoms. The number of piperidine rings is 1. The highest BCUT2D eigenvalue weighted by Gasteiger charge is 2.32. The van der Waals surface area contributed by atoms with E-state index >= 15 is 0 Å². The Morgan fingerprint density at radius 3 is 2.35 bits per heavy atom. The van der Waals surface area contributed by atoms with Gasteiger partial charge < -0.3 is 14.4 Å². The molecule has 1 aliphatic heterocycles. The van der Waals surface area contributed by atoms with E-state index in [0.29, 0.717) is 30.2 Å². The van der Waals surface area contributed by atoms with Gasteiger partial charge in [-0.15, -0.1) is 0 Å². The normalized spacial score (nSPS) is 19.8. The summed E-state index contributed by atoms with van der Waals surface area (Å²) in [7, 11) is 3.48. The van der Waals surface area contributed by atoms with E-state index in [2.05, 4.69) is 4.90 Å². The van der Waals surface area contributed by atoms with E-state index in [0.717, 1.165) is 12.8 Å². The highest BCUT2D eigenvalue weighted by Crippen LogP contribution is 2.34. The van der Waals surface area contributed by atoms with E-state index in [1.165, 1.54) is 14.2 Å². The van der Waals surface area contributed by atoms with Crippen LogP contribution in [0.5, 0.6) is 11.5 Å². The van der Waals surface area contributed by atoms with Crippen LogP contribution in [0.2, 0.25) is 0 Å². The first-order valence-corrected chi connectivity index (χ1v) is 9.14. The largest absolute Gasteiger partial charge is 0.493 e. The van der Waals surface area contributed by atoms with Gasteiger partial charge in [-0.05, 0) is 45.5 Å². The zero-order chi connectivity index (χ0) is 17.2. The van der Waals surface area contributed by atoms with Crippen LogP contribution in [0.3, 0.4) is 0 Å². The number of sulfonamides is 1. The summed E-state index contributed by atoms with van der Waals surface area (Å²) in [6.45, 7) is 2.85. The molecule has 0 radical (unpaired) electrons. The van der Waals surface area contributed by atoms with Crippen molar-refractivity contribution in [2.24, 2.45) is 0 Å². The molecule has 1 atom stereocenters. The number of methoxy groups -OCH3 is 2. The van der Waals surface area contributed by atoms with Gasteiger partial charge in [0.05, 0.1) is 19.1 Å². The Bertz CT molecular complexity index is 658. The van der Waals surface area contributed by atoms with Crippen molar-refractivity contribution in [1.82, 2.24) is 9.21 Å². The Morgan fingerprint density at radius 2 is 1.78 bits per heavy atom. The van der Waals surface area contributed by atoms with Gasteiger partial charge in [0.1, 0.15) is 0 Å². The van der Waals surface area contributed by atoms with E-state index in [4.69, 9.17) is 9.47 Å². The van der Waals surface area contributed by atoms with Gasteiger partial charge in [-0.25, -0.2) is 8.42 Å². The molecular formula is C16H26N2O4S. The summed E-state index contributed by atoms with van der Waals surface area (Å²) in [5.74, 6) is 0.964. The molecule has 0 N–H and O–H groups in total. The summed E-state index contributed by atoms with van der Waals surface area (Å²) in [6.07, 6.45) is 1.89. The van der Waals surface area contributed by atoms with Crippen molar-refractivity contribution >= 4 is 10.0 Å². The number of ether oxygens (including phenoxy) is 2. The van der Waals surface area contributed by atoms with Gasteiger partial charge in [-0.3, -0.25) is 0 Å². The molecule has 1 saturated heterocycles. The molecule has 1 aromatic rings. The van der Waals surface area contributed by atoms with Crippen molar-refractivity contribution in [3.63, 3.8) is 0 Å². The monoisotopic (exact) mass is 342 g/mol. The fourth-order valence-corrected chi connectivity index (χ4v) is 4.68. The van der Waals surface area contributed by atoms with Crippen LogP contribution >= 0.6 is 0 Å². The second-order valence-electron chi connectivity index (χ2n) is 6.10. The summed E-state index contributed by atoms with van der Waals surface area (Å²) in [4.78, 5) is 2.37. The zero-order valence-corrected chi connectivity index (χ0v) is 15.3. The Balaban J connectivity index is 2.39. The predicted octanol–water partition coefficient (Wildman–Crippen LogP) is 1.73. The molecule has 1 heterocycles. The first-order valence-electron chi connectivity index (χ1n) is 7.70. The summed E-state index contributed by atoms with van der Waals surface area (Å²) in [5.41, 5.74) is 0.662. The van der Waals surface area contributed by atoms with Crippen molar-refractivity contribution in [2.75, 3.05) is 41.4 Å². The maximum Gasteiger partial charge on any atom is 0.243 e. The number of nitrogens with zero attached hydrogens (tertiary/aromatic N) is 2. The van der Waals surface area contributed by atoms with Gasteiger partial charge in [-0.2, -0.15) is 4.31 Å². The molecule has 0 spiro atoms. The molecule has 1 aromatic carbocycles. The van der Waals surface area contributed by atoms with E-state index in [-0.39, 0.29) is 10.9 Å². The molecule has 0 bridgehead atoms. The molecule has 1 unspecified atom stereocenters. The summed E-state index contributed by atoms with van der Waals surface area (Å²) in [5, 5.41) is 0. The van der Waals surface area contributed by atoms with Gasteiger partial charge in [-0.1, -0.05) is 0 Å². The molecular weight excluding hydrogens is 316 g/mol. The first kappa shape index (κ1) is 18.0. The van der Waals surface area contributed by atoms with Crippen LogP contribution in [0.1, 0.15) is 18.4 Å². The topological polar surface area (TPSA) is 59.1 Å². The Labute approximate surface area is 139 Å². The third kappa shape index (κ3) is 3.62. The van der Waals surface area contributed by atoms with Crippen molar-refractivity contribution in [3.05, 3.63) is 17.7 Å². The maximum atomic E-state index is 13.1. The van der Waals surface area contributed by atoms with E-state index < -0.39 is 10.0 Å². The SMILES string of the molecule is COc1cc(C)c(S(=O)(=O)N2CCCC(N(C)C)C2)cc1OC. The summed E-state index contributed by atoms with van der Waals surface area (Å²) >= 11 is 0. The number of hydrogen-bond donors (Lipinski definition) is 0. The van der Waals surface area contributed by atoms with Gasteiger partial charge in [0.15, 0.2) is 11.5 Å². The Kier molecular flexibility index (Phi) is 5.54. The molecule has 1 aliphatic rings. The fourth-order valence-electron chi connectivity index (χ4n) is 2.94. The standard InChI is InChI=1S/C16H26N2O4S/c1-12-9-14(21-4)15(22-5)10-16(12)23(19,20)18-8-6-7-13(11-18)17(2)3/h9-10,13H,6-8,11H2,1-5H3. The fraction of sp³-hybridized carbons (Fsp3) is 0.625. The second kappa shape index (κ2) is 7.07. The highest BCUT2D eigenvalue weighted by molar-refractivity contribution is 7.89. The third-order valence-corrected chi connectivity index (χ3v) is 6.40. The molecule has 2 rings (SSSR count). The molecule has 0 aliphatic carbocycles. The van der Waals surface area contributed by atoms with Crippen LogP contribution in [0.15, 0.2) is 17.0 Å². The van der Waals surface area contributed by atoms with Crippen molar-refractivity contribution < 1.29 is 17.9 Å². The maximum absolute atomic E-state index is 13.1. The average Bonchev–Trinajstić information content (AvgIpc) is 2.54. The van der Waals surface area contributed by atoms with Gasteiger partial charge >= 0.3 is 0 Å². The minimum atomic E-state index is -3.55. The molecule has 0 saturated carbocycles.